The molecule has 0 radical (unpaired) electrons. The highest BCUT2D eigenvalue weighted by Gasteiger charge is 2.38. The first kappa shape index (κ1) is 17.3. The number of hydrogen-bond donors (Lipinski definition) is 1. The molecular formula is C16H23F2N3O2. The number of alkyl halides is 2. The van der Waals surface area contributed by atoms with Gasteiger partial charge in [0.15, 0.2) is 0 Å². The molecule has 0 saturated carbocycles. The first-order valence-corrected chi connectivity index (χ1v) is 7.55. The summed E-state index contributed by atoms with van der Waals surface area (Å²) in [6.07, 6.45) is -3.33. The lowest BCUT2D eigenvalue weighted by molar-refractivity contribution is -0.0179. The molecule has 0 aromatic heterocycles. The van der Waals surface area contributed by atoms with Crippen LogP contribution in [0.1, 0.15) is 20.8 Å². The van der Waals surface area contributed by atoms with E-state index in [1.54, 1.807) is 45.0 Å². The molecule has 1 aliphatic heterocycles. The van der Waals surface area contributed by atoms with Crippen LogP contribution in [0.3, 0.4) is 0 Å². The van der Waals surface area contributed by atoms with Crippen LogP contribution in [0.25, 0.3) is 0 Å². The fourth-order valence-electron chi connectivity index (χ4n) is 2.49. The molecule has 2 N–H and O–H groups in total. The fraction of sp³-hybridized carbons (Fsp3) is 0.562. The Morgan fingerprint density at radius 1 is 1.26 bits per heavy atom. The summed E-state index contributed by atoms with van der Waals surface area (Å²) in [4.78, 5) is 15.1. The van der Waals surface area contributed by atoms with Gasteiger partial charge in [-0.15, -0.1) is 0 Å². The fourth-order valence-corrected chi connectivity index (χ4v) is 2.49. The summed E-state index contributed by atoms with van der Waals surface area (Å²) >= 11 is 0. The van der Waals surface area contributed by atoms with E-state index in [1.165, 1.54) is 0 Å². The van der Waals surface area contributed by atoms with E-state index < -0.39 is 24.2 Å². The summed E-state index contributed by atoms with van der Waals surface area (Å²) in [5.74, 6) is 0. The molecule has 5 nitrogen and oxygen atoms in total. The van der Waals surface area contributed by atoms with E-state index in [0.717, 1.165) is 10.6 Å². The van der Waals surface area contributed by atoms with Crippen molar-refractivity contribution in [1.82, 2.24) is 4.90 Å². The number of nitrogens with zero attached hydrogens (tertiary/aromatic N) is 2. The molecule has 1 aliphatic rings. The minimum absolute atomic E-state index is 0.0564. The summed E-state index contributed by atoms with van der Waals surface area (Å²) in [7, 11) is 0. The Hall–Kier alpha value is -2.05. The molecular weight excluding hydrogens is 304 g/mol. The van der Waals surface area contributed by atoms with E-state index in [4.69, 9.17) is 10.5 Å². The molecule has 1 unspecified atom stereocenters. The zero-order valence-electron chi connectivity index (χ0n) is 13.6. The summed E-state index contributed by atoms with van der Waals surface area (Å²) in [5, 5.41) is 0. The van der Waals surface area contributed by atoms with Crippen molar-refractivity contribution in [3.05, 3.63) is 24.3 Å². The molecule has 128 valence electrons. The number of ether oxygens (including phenoxy) is 1. The minimum atomic E-state index is -2.64. The van der Waals surface area contributed by atoms with E-state index in [1.807, 2.05) is 4.90 Å². The van der Waals surface area contributed by atoms with Crippen LogP contribution in [-0.2, 0) is 4.74 Å². The molecule has 1 saturated heterocycles. The Labute approximate surface area is 135 Å². The van der Waals surface area contributed by atoms with Crippen molar-refractivity contribution >= 4 is 17.5 Å². The maximum atomic E-state index is 13.4. The average Bonchev–Trinajstić information content (AvgIpc) is 2.45. The zero-order valence-corrected chi connectivity index (χ0v) is 13.6. The monoisotopic (exact) mass is 327 g/mol. The lowest BCUT2D eigenvalue weighted by Gasteiger charge is -2.42. The molecule has 23 heavy (non-hydrogen) atoms. The number of halogens is 2. The van der Waals surface area contributed by atoms with Crippen LogP contribution in [-0.4, -0.2) is 48.7 Å². The van der Waals surface area contributed by atoms with Crippen LogP contribution in [0.2, 0.25) is 0 Å². The molecule has 1 fully saturated rings. The normalized spacial score (nSPS) is 19.1. The number of benzene rings is 1. The van der Waals surface area contributed by atoms with Crippen LogP contribution in [0.4, 0.5) is 25.0 Å². The summed E-state index contributed by atoms with van der Waals surface area (Å²) < 4.78 is 32.1. The molecule has 0 spiro atoms. The number of hydrogen-bond acceptors (Lipinski definition) is 4. The predicted molar refractivity (Wildman–Crippen MR) is 85.8 cm³/mol. The van der Waals surface area contributed by atoms with Gasteiger partial charge in [0, 0.05) is 31.0 Å². The van der Waals surface area contributed by atoms with Crippen LogP contribution in [0, 0.1) is 0 Å². The van der Waals surface area contributed by atoms with Gasteiger partial charge in [-0.05, 0) is 45.0 Å². The van der Waals surface area contributed by atoms with Crippen LogP contribution < -0.4 is 10.6 Å². The Morgan fingerprint density at radius 3 is 2.39 bits per heavy atom. The van der Waals surface area contributed by atoms with Crippen LogP contribution in [0.5, 0.6) is 0 Å². The maximum Gasteiger partial charge on any atom is 0.410 e. The summed E-state index contributed by atoms with van der Waals surface area (Å²) in [5.41, 5.74) is 6.36. The minimum Gasteiger partial charge on any atom is -0.444 e. The van der Waals surface area contributed by atoms with Crippen molar-refractivity contribution in [2.75, 3.05) is 30.3 Å². The van der Waals surface area contributed by atoms with Gasteiger partial charge in [0.25, 0.3) is 6.43 Å². The second kappa shape index (κ2) is 6.60. The van der Waals surface area contributed by atoms with Crippen LogP contribution in [0.15, 0.2) is 24.3 Å². The average molecular weight is 327 g/mol. The third kappa shape index (κ3) is 4.46. The van der Waals surface area contributed by atoms with Gasteiger partial charge >= 0.3 is 6.09 Å². The van der Waals surface area contributed by atoms with E-state index in [2.05, 4.69) is 0 Å². The molecule has 7 heteroatoms. The Balaban J connectivity index is 2.11. The van der Waals surface area contributed by atoms with Gasteiger partial charge in [0.05, 0.1) is 0 Å². The van der Waals surface area contributed by atoms with E-state index in [-0.39, 0.29) is 13.1 Å². The van der Waals surface area contributed by atoms with Crippen molar-refractivity contribution in [2.45, 2.75) is 38.8 Å². The molecule has 2 rings (SSSR count). The lowest BCUT2D eigenvalue weighted by atomic mass is 10.1. The Bertz CT molecular complexity index is 543. The SMILES string of the molecule is CC(C)(C)OC(=O)N1CCN(c2ccc(N)cc2)CC1C(F)F. The number of nitrogens with two attached hydrogens (primary N) is 1. The lowest BCUT2D eigenvalue weighted by Crippen LogP contribution is -2.58. The highest BCUT2D eigenvalue weighted by atomic mass is 19.3. The standard InChI is InChI=1S/C16H23F2N3O2/c1-16(2,3)23-15(22)21-9-8-20(10-13(21)14(17)18)12-6-4-11(19)5-7-12/h4-7,13-14H,8-10,19H2,1-3H3. The van der Waals surface area contributed by atoms with E-state index in [0.29, 0.717) is 12.2 Å². The highest BCUT2D eigenvalue weighted by Crippen LogP contribution is 2.24. The number of carbonyl (C=O) groups is 1. The number of amides is 1. The van der Waals surface area contributed by atoms with Crippen molar-refractivity contribution < 1.29 is 18.3 Å². The quantitative estimate of drug-likeness (QED) is 0.849. The van der Waals surface area contributed by atoms with Gasteiger partial charge in [0.2, 0.25) is 0 Å². The van der Waals surface area contributed by atoms with E-state index in [9.17, 15) is 13.6 Å². The molecule has 1 amide bonds. The molecule has 1 aromatic carbocycles. The van der Waals surface area contributed by atoms with Gasteiger partial charge in [-0.2, -0.15) is 0 Å². The topological polar surface area (TPSA) is 58.8 Å². The summed E-state index contributed by atoms with van der Waals surface area (Å²) in [6.45, 7) is 5.86. The summed E-state index contributed by atoms with van der Waals surface area (Å²) in [6, 6.07) is 5.85. The van der Waals surface area contributed by atoms with Crippen molar-refractivity contribution in [3.63, 3.8) is 0 Å². The third-order valence-electron chi connectivity index (χ3n) is 3.60. The molecule has 0 aliphatic carbocycles. The Kier molecular flexibility index (Phi) is 4.97. The predicted octanol–water partition coefficient (Wildman–Crippen LogP) is 2.96. The van der Waals surface area contributed by atoms with Crippen molar-refractivity contribution in [3.8, 4) is 0 Å². The van der Waals surface area contributed by atoms with E-state index >= 15 is 0 Å². The number of rotatable bonds is 2. The molecule has 1 heterocycles. The smallest absolute Gasteiger partial charge is 0.410 e. The van der Waals surface area contributed by atoms with Gasteiger partial charge in [-0.1, -0.05) is 0 Å². The second-order valence-electron chi connectivity index (χ2n) is 6.61. The van der Waals surface area contributed by atoms with Gasteiger partial charge in [-0.3, -0.25) is 4.90 Å². The van der Waals surface area contributed by atoms with Crippen molar-refractivity contribution in [1.29, 1.82) is 0 Å². The largest absolute Gasteiger partial charge is 0.444 e. The molecule has 1 aromatic rings. The maximum absolute atomic E-state index is 13.4. The molecule has 0 bridgehead atoms. The van der Waals surface area contributed by atoms with Gasteiger partial charge in [0.1, 0.15) is 11.6 Å². The number of anilines is 2. The van der Waals surface area contributed by atoms with Gasteiger partial charge < -0.3 is 15.4 Å². The zero-order chi connectivity index (χ0) is 17.2. The first-order valence-electron chi connectivity index (χ1n) is 7.55. The third-order valence-corrected chi connectivity index (χ3v) is 3.60. The van der Waals surface area contributed by atoms with Crippen molar-refractivity contribution in [2.24, 2.45) is 0 Å². The number of piperazine rings is 1. The van der Waals surface area contributed by atoms with Gasteiger partial charge in [-0.25, -0.2) is 13.6 Å². The molecule has 1 atom stereocenters. The number of carbonyl (C=O) groups excluding carboxylic acids is 1. The second-order valence-corrected chi connectivity index (χ2v) is 6.61. The Morgan fingerprint density at radius 2 is 1.87 bits per heavy atom. The van der Waals surface area contributed by atoms with Crippen LogP contribution >= 0.6 is 0 Å². The first-order chi connectivity index (χ1) is 10.7. The highest BCUT2D eigenvalue weighted by molar-refractivity contribution is 5.69. The number of nitrogen functional groups attached to an aromatic ring is 1.